The maximum Gasteiger partial charge on any atom is 0.407 e. The highest BCUT2D eigenvalue weighted by Gasteiger charge is 2.26. The van der Waals surface area contributed by atoms with Crippen LogP contribution < -0.4 is 5.32 Å². The van der Waals surface area contributed by atoms with Crippen molar-refractivity contribution in [2.75, 3.05) is 26.5 Å². The molecule has 6 heteroatoms. The van der Waals surface area contributed by atoms with Crippen molar-refractivity contribution >= 4 is 6.09 Å². The highest BCUT2D eigenvalue weighted by Crippen LogP contribution is 2.33. The molecule has 2 atom stereocenters. The quantitative estimate of drug-likeness (QED) is 0.750. The van der Waals surface area contributed by atoms with Gasteiger partial charge in [-0.1, -0.05) is 36.4 Å². The molecule has 2 N–H and O–H groups in total. The number of amides is 1. The van der Waals surface area contributed by atoms with E-state index in [1.165, 1.54) is 11.1 Å². The van der Waals surface area contributed by atoms with Crippen LogP contribution in [0.5, 0.6) is 0 Å². The third-order valence-electron chi connectivity index (χ3n) is 4.91. The minimum Gasteiger partial charge on any atom is -0.444 e. The zero-order valence-electron chi connectivity index (χ0n) is 18.2. The van der Waals surface area contributed by atoms with Gasteiger partial charge in [0, 0.05) is 13.2 Å². The first-order valence-corrected chi connectivity index (χ1v) is 10.4. The molecule has 1 aromatic rings. The number of carbonyl (C=O) groups excluding carboxylic acids is 1. The molecule has 6 nitrogen and oxygen atoms in total. The molecular formula is C23H36N2O4. The number of rotatable bonds is 3. The van der Waals surface area contributed by atoms with E-state index >= 15 is 0 Å². The smallest absolute Gasteiger partial charge is 0.407 e. The summed E-state index contributed by atoms with van der Waals surface area (Å²) in [6.07, 6.45) is 2.63. The molecule has 2 heterocycles. The largest absolute Gasteiger partial charge is 0.444 e. The predicted molar refractivity (Wildman–Crippen MR) is 115 cm³/mol. The van der Waals surface area contributed by atoms with E-state index in [-0.39, 0.29) is 24.9 Å². The maximum absolute atomic E-state index is 11.3. The minimum atomic E-state index is -0.431. The van der Waals surface area contributed by atoms with Crippen molar-refractivity contribution in [2.24, 2.45) is 0 Å². The van der Waals surface area contributed by atoms with E-state index in [0.29, 0.717) is 6.61 Å². The second-order valence-corrected chi connectivity index (χ2v) is 8.71. The first-order valence-electron chi connectivity index (χ1n) is 10.4. The van der Waals surface area contributed by atoms with Gasteiger partial charge in [0.2, 0.25) is 0 Å². The topological polar surface area (TPSA) is 71.0 Å². The summed E-state index contributed by atoms with van der Waals surface area (Å²) in [6, 6.07) is 8.72. The van der Waals surface area contributed by atoms with Gasteiger partial charge in [-0.3, -0.25) is 4.90 Å². The molecule has 1 saturated heterocycles. The van der Waals surface area contributed by atoms with Crippen LogP contribution in [0, 0.1) is 0 Å². The molecule has 0 saturated carbocycles. The number of nitrogens with zero attached hydrogens (tertiary/aromatic N) is 1. The van der Waals surface area contributed by atoms with Crippen molar-refractivity contribution in [1.82, 2.24) is 10.2 Å². The van der Waals surface area contributed by atoms with Crippen LogP contribution in [0.3, 0.4) is 0 Å². The van der Waals surface area contributed by atoms with Crippen molar-refractivity contribution in [3.05, 3.63) is 47.5 Å². The molecule has 0 radical (unpaired) electrons. The number of carbonyl (C=O) groups is 1. The Hall–Kier alpha value is -1.89. The Balaban J connectivity index is 0.000000208. The number of hydrogen-bond acceptors (Lipinski definition) is 5. The SMILES string of the molecule is C=C(C)[C@H]1c2ccccc2CCN1CO.CC(C)(C)OC(=O)N[C@H]1CCCOC1. The minimum absolute atomic E-state index is 0.103. The van der Waals surface area contributed by atoms with E-state index in [9.17, 15) is 9.90 Å². The summed E-state index contributed by atoms with van der Waals surface area (Å²) in [6.45, 7) is 14.0. The summed E-state index contributed by atoms with van der Waals surface area (Å²) >= 11 is 0. The third-order valence-corrected chi connectivity index (χ3v) is 4.91. The highest BCUT2D eigenvalue weighted by atomic mass is 16.6. The highest BCUT2D eigenvalue weighted by molar-refractivity contribution is 5.68. The van der Waals surface area contributed by atoms with Crippen LogP contribution in [0.15, 0.2) is 36.4 Å². The van der Waals surface area contributed by atoms with Gasteiger partial charge in [-0.05, 0) is 58.1 Å². The molecule has 0 aromatic heterocycles. The van der Waals surface area contributed by atoms with Gasteiger partial charge < -0.3 is 19.9 Å². The monoisotopic (exact) mass is 404 g/mol. The first-order chi connectivity index (χ1) is 13.7. The van der Waals surface area contributed by atoms with Crippen molar-refractivity contribution in [1.29, 1.82) is 0 Å². The summed E-state index contributed by atoms with van der Waals surface area (Å²) in [4.78, 5) is 13.4. The van der Waals surface area contributed by atoms with Gasteiger partial charge in [0.25, 0.3) is 0 Å². The molecule has 0 spiro atoms. The van der Waals surface area contributed by atoms with Crippen molar-refractivity contribution in [2.45, 2.75) is 64.6 Å². The van der Waals surface area contributed by atoms with E-state index in [2.05, 4.69) is 41.1 Å². The Morgan fingerprint density at radius 1 is 1.38 bits per heavy atom. The van der Waals surface area contributed by atoms with E-state index in [1.807, 2.05) is 27.7 Å². The van der Waals surface area contributed by atoms with Gasteiger partial charge in [0.15, 0.2) is 0 Å². The fourth-order valence-electron chi connectivity index (χ4n) is 3.68. The van der Waals surface area contributed by atoms with Gasteiger partial charge in [0.1, 0.15) is 5.60 Å². The second-order valence-electron chi connectivity index (χ2n) is 8.71. The van der Waals surface area contributed by atoms with Crippen molar-refractivity contribution in [3.63, 3.8) is 0 Å². The lowest BCUT2D eigenvalue weighted by molar-refractivity contribution is 0.0347. The number of ether oxygens (including phenoxy) is 2. The predicted octanol–water partition coefficient (Wildman–Crippen LogP) is 3.80. The molecule has 1 amide bonds. The number of aliphatic hydroxyl groups is 1. The van der Waals surface area contributed by atoms with Crippen LogP contribution in [0.25, 0.3) is 0 Å². The lowest BCUT2D eigenvalue weighted by atomic mass is 9.89. The zero-order valence-corrected chi connectivity index (χ0v) is 18.2. The van der Waals surface area contributed by atoms with Gasteiger partial charge in [-0.25, -0.2) is 4.79 Å². The summed E-state index contributed by atoms with van der Waals surface area (Å²) < 4.78 is 10.4. The number of nitrogens with one attached hydrogen (secondary N) is 1. The molecular weight excluding hydrogens is 368 g/mol. The Kier molecular flexibility index (Phi) is 8.68. The average Bonchev–Trinajstić information content (AvgIpc) is 2.66. The normalized spacial score (nSPS) is 22.0. The molecule has 0 aliphatic carbocycles. The second kappa shape index (κ2) is 10.8. The van der Waals surface area contributed by atoms with E-state index in [4.69, 9.17) is 9.47 Å². The molecule has 1 fully saturated rings. The molecule has 0 bridgehead atoms. The van der Waals surface area contributed by atoms with E-state index in [0.717, 1.165) is 38.0 Å². The molecule has 3 rings (SSSR count). The molecule has 2 aliphatic heterocycles. The standard InChI is InChI=1S/C13H17NO.C10H19NO3/c1-10(2)13-12-6-4-3-5-11(12)7-8-14(13)9-15;1-10(2,3)14-9(12)11-8-5-4-6-13-7-8/h3-6,13,15H,1,7-9H2,2H3;8H,4-7H2,1-3H3,(H,11,12)/t13-;8-/m00/s1. The van der Waals surface area contributed by atoms with Crippen LogP contribution in [0.4, 0.5) is 4.79 Å². The molecule has 1 aromatic carbocycles. The summed E-state index contributed by atoms with van der Waals surface area (Å²) in [5, 5.41) is 12.1. The van der Waals surface area contributed by atoms with Crippen LogP contribution in [0.1, 0.15) is 57.7 Å². The van der Waals surface area contributed by atoms with Gasteiger partial charge >= 0.3 is 6.09 Å². The Morgan fingerprint density at radius 3 is 2.69 bits per heavy atom. The van der Waals surface area contributed by atoms with Gasteiger partial charge in [-0.2, -0.15) is 0 Å². The lowest BCUT2D eigenvalue weighted by Gasteiger charge is -2.36. The number of fused-ring (bicyclic) bond motifs is 1. The third kappa shape index (κ3) is 7.46. The Bertz CT molecular complexity index is 678. The van der Waals surface area contributed by atoms with Crippen LogP contribution in [-0.2, 0) is 15.9 Å². The molecule has 2 aliphatic rings. The number of alkyl carbamates (subject to hydrolysis) is 1. The first kappa shape index (κ1) is 23.4. The molecule has 162 valence electrons. The van der Waals surface area contributed by atoms with Crippen LogP contribution in [0.2, 0.25) is 0 Å². The average molecular weight is 405 g/mol. The maximum atomic E-state index is 11.3. The Morgan fingerprint density at radius 2 is 2.10 bits per heavy atom. The van der Waals surface area contributed by atoms with Crippen molar-refractivity contribution in [3.8, 4) is 0 Å². The van der Waals surface area contributed by atoms with E-state index in [1.54, 1.807) is 0 Å². The van der Waals surface area contributed by atoms with Crippen molar-refractivity contribution < 1.29 is 19.4 Å². The number of aliphatic hydroxyl groups excluding tert-OH is 1. The van der Waals surface area contributed by atoms with E-state index < -0.39 is 5.60 Å². The Labute approximate surface area is 174 Å². The summed E-state index contributed by atoms with van der Waals surface area (Å²) in [5.41, 5.74) is 3.34. The van der Waals surface area contributed by atoms with Gasteiger partial charge in [-0.15, -0.1) is 0 Å². The van der Waals surface area contributed by atoms with Crippen LogP contribution in [-0.4, -0.2) is 54.2 Å². The summed E-state index contributed by atoms with van der Waals surface area (Å²) in [5.74, 6) is 0. The molecule has 0 unspecified atom stereocenters. The summed E-state index contributed by atoms with van der Waals surface area (Å²) in [7, 11) is 0. The van der Waals surface area contributed by atoms with Gasteiger partial charge in [0.05, 0.1) is 25.4 Å². The van der Waals surface area contributed by atoms with Crippen LogP contribution >= 0.6 is 0 Å². The number of hydrogen-bond donors (Lipinski definition) is 2. The fraction of sp³-hybridized carbons (Fsp3) is 0.609. The fourth-order valence-corrected chi connectivity index (χ4v) is 3.68. The number of benzene rings is 1. The lowest BCUT2D eigenvalue weighted by Crippen LogP contribution is -2.43. The zero-order chi connectivity index (χ0) is 21.4. The molecule has 29 heavy (non-hydrogen) atoms.